The van der Waals surface area contributed by atoms with E-state index in [2.05, 4.69) is 17.6 Å². The highest BCUT2D eigenvalue weighted by atomic mass is 32.2. The zero-order valence-corrected chi connectivity index (χ0v) is 9.14. The van der Waals surface area contributed by atoms with Gasteiger partial charge in [-0.15, -0.1) is 11.8 Å². The number of nitrogens with one attached hydrogen (secondary N) is 2. The molecule has 4 heteroatoms. The molecule has 0 spiro atoms. The Bertz CT molecular complexity index is 257. The molecule has 3 nitrogen and oxygen atoms in total. The van der Waals surface area contributed by atoms with Crippen LogP contribution >= 0.6 is 11.8 Å². The van der Waals surface area contributed by atoms with Crippen molar-refractivity contribution in [3.05, 3.63) is 24.2 Å². The Kier molecular flexibility index (Phi) is 3.50. The number of hydrogen-bond donors (Lipinski definition) is 2. The summed E-state index contributed by atoms with van der Waals surface area (Å²) in [6, 6.07) is 2.49. The van der Waals surface area contributed by atoms with Gasteiger partial charge in [-0.05, 0) is 13.0 Å². The van der Waals surface area contributed by atoms with E-state index in [4.69, 9.17) is 4.42 Å². The van der Waals surface area contributed by atoms with Gasteiger partial charge in [0, 0.05) is 30.4 Å². The summed E-state index contributed by atoms with van der Waals surface area (Å²) in [5.74, 6) is 1.22. The van der Waals surface area contributed by atoms with Crippen molar-refractivity contribution >= 4 is 11.8 Å². The molecule has 1 aromatic heterocycles. The second kappa shape index (κ2) is 4.87. The van der Waals surface area contributed by atoms with Gasteiger partial charge in [0.25, 0.3) is 0 Å². The highest BCUT2D eigenvalue weighted by Crippen LogP contribution is 2.17. The lowest BCUT2D eigenvalue weighted by Crippen LogP contribution is -2.40. The molecule has 1 aliphatic heterocycles. The molecule has 2 rings (SSSR count). The third kappa shape index (κ3) is 2.53. The average Bonchev–Trinajstić information content (AvgIpc) is 2.87. The van der Waals surface area contributed by atoms with Crippen LogP contribution in [0.2, 0.25) is 0 Å². The second-order valence-corrected chi connectivity index (χ2v) is 4.80. The van der Waals surface area contributed by atoms with E-state index in [0.717, 1.165) is 13.1 Å². The largest absolute Gasteiger partial charge is 0.472 e. The zero-order valence-electron chi connectivity index (χ0n) is 8.32. The Morgan fingerprint density at radius 2 is 2.71 bits per heavy atom. The van der Waals surface area contributed by atoms with E-state index in [1.165, 1.54) is 11.3 Å². The van der Waals surface area contributed by atoms with Gasteiger partial charge in [-0.25, -0.2) is 0 Å². The second-order valence-electron chi connectivity index (χ2n) is 3.55. The summed E-state index contributed by atoms with van der Waals surface area (Å²) in [6.07, 6.45) is 3.50. The normalized spacial score (nSPS) is 23.9. The molecule has 14 heavy (non-hydrogen) atoms. The van der Waals surface area contributed by atoms with E-state index in [1.54, 1.807) is 12.5 Å². The van der Waals surface area contributed by atoms with Crippen LogP contribution in [0.5, 0.6) is 0 Å². The van der Waals surface area contributed by atoms with E-state index in [9.17, 15) is 0 Å². The lowest BCUT2D eigenvalue weighted by atomic mass is 10.3. The molecule has 1 aromatic rings. The zero-order chi connectivity index (χ0) is 9.80. The van der Waals surface area contributed by atoms with Gasteiger partial charge in [0.1, 0.15) is 0 Å². The molecule has 0 bridgehead atoms. The minimum absolute atomic E-state index is 0.498. The molecular formula is C10H16N2OS. The molecule has 78 valence electrons. The van der Waals surface area contributed by atoms with Gasteiger partial charge >= 0.3 is 0 Å². The van der Waals surface area contributed by atoms with Crippen molar-refractivity contribution in [3.63, 3.8) is 0 Å². The standard InChI is InChI=1S/C10H16N2OS/c1-8(10-11-3-5-14-10)12-6-9-2-4-13-7-9/h2,4,7-8,10-12H,3,5-6H2,1H3. The molecule has 0 saturated carbocycles. The van der Waals surface area contributed by atoms with Crippen LogP contribution in [0, 0.1) is 0 Å². The van der Waals surface area contributed by atoms with Gasteiger partial charge in [-0.1, -0.05) is 0 Å². The summed E-state index contributed by atoms with van der Waals surface area (Å²) in [5.41, 5.74) is 1.21. The van der Waals surface area contributed by atoms with Crippen molar-refractivity contribution in [1.29, 1.82) is 0 Å². The third-order valence-electron chi connectivity index (χ3n) is 2.41. The fourth-order valence-corrected chi connectivity index (χ4v) is 2.66. The molecule has 1 fully saturated rings. The minimum atomic E-state index is 0.498. The van der Waals surface area contributed by atoms with Crippen LogP contribution < -0.4 is 10.6 Å². The van der Waals surface area contributed by atoms with Gasteiger partial charge < -0.3 is 15.1 Å². The average molecular weight is 212 g/mol. The minimum Gasteiger partial charge on any atom is -0.472 e. The Hall–Kier alpha value is -0.450. The molecule has 2 heterocycles. The fourth-order valence-electron chi connectivity index (χ4n) is 1.55. The quantitative estimate of drug-likeness (QED) is 0.791. The predicted octanol–water partition coefficient (Wildman–Crippen LogP) is 1.42. The van der Waals surface area contributed by atoms with E-state index in [0.29, 0.717) is 11.4 Å². The first-order valence-corrected chi connectivity index (χ1v) is 6.00. The molecule has 1 aliphatic rings. The van der Waals surface area contributed by atoms with E-state index >= 15 is 0 Å². The molecule has 2 unspecified atom stereocenters. The van der Waals surface area contributed by atoms with Crippen LogP contribution in [-0.2, 0) is 6.54 Å². The highest BCUT2D eigenvalue weighted by Gasteiger charge is 2.20. The first-order chi connectivity index (χ1) is 6.86. The Balaban J connectivity index is 1.74. The summed E-state index contributed by atoms with van der Waals surface area (Å²) in [6.45, 7) is 4.24. The van der Waals surface area contributed by atoms with Crippen molar-refractivity contribution in [2.24, 2.45) is 0 Å². The number of rotatable bonds is 4. The smallest absolute Gasteiger partial charge is 0.0947 e. The molecule has 2 atom stereocenters. The van der Waals surface area contributed by atoms with Crippen molar-refractivity contribution in [3.8, 4) is 0 Å². The van der Waals surface area contributed by atoms with Gasteiger partial charge in [-0.3, -0.25) is 0 Å². The van der Waals surface area contributed by atoms with Gasteiger partial charge in [0.2, 0.25) is 0 Å². The van der Waals surface area contributed by atoms with E-state index < -0.39 is 0 Å². The predicted molar refractivity (Wildman–Crippen MR) is 59.3 cm³/mol. The first-order valence-electron chi connectivity index (χ1n) is 4.96. The van der Waals surface area contributed by atoms with Crippen LogP contribution in [-0.4, -0.2) is 23.7 Å². The maximum absolute atomic E-state index is 5.01. The molecule has 0 amide bonds. The molecule has 0 radical (unpaired) electrons. The molecule has 1 saturated heterocycles. The Labute approximate surface area is 88.6 Å². The topological polar surface area (TPSA) is 37.2 Å². The summed E-state index contributed by atoms with van der Waals surface area (Å²) < 4.78 is 5.01. The first kappa shape index (κ1) is 10.1. The van der Waals surface area contributed by atoms with Gasteiger partial charge in [0.15, 0.2) is 0 Å². The van der Waals surface area contributed by atoms with Gasteiger partial charge in [-0.2, -0.15) is 0 Å². The highest BCUT2D eigenvalue weighted by molar-refractivity contribution is 8.00. The Morgan fingerprint density at radius 3 is 3.36 bits per heavy atom. The lowest BCUT2D eigenvalue weighted by molar-refractivity contribution is 0.489. The summed E-state index contributed by atoms with van der Waals surface area (Å²) in [7, 11) is 0. The summed E-state index contributed by atoms with van der Waals surface area (Å²) >= 11 is 1.99. The van der Waals surface area contributed by atoms with Crippen molar-refractivity contribution in [2.75, 3.05) is 12.3 Å². The molecule has 2 N–H and O–H groups in total. The number of thioether (sulfide) groups is 1. The maximum atomic E-state index is 5.01. The van der Waals surface area contributed by atoms with Crippen molar-refractivity contribution in [1.82, 2.24) is 10.6 Å². The van der Waals surface area contributed by atoms with E-state index in [-0.39, 0.29) is 0 Å². The van der Waals surface area contributed by atoms with E-state index in [1.807, 2.05) is 17.8 Å². The summed E-state index contributed by atoms with van der Waals surface area (Å²) in [5, 5.41) is 7.50. The van der Waals surface area contributed by atoms with Crippen LogP contribution in [0.25, 0.3) is 0 Å². The summed E-state index contributed by atoms with van der Waals surface area (Å²) in [4.78, 5) is 0. The monoisotopic (exact) mass is 212 g/mol. The molecule has 0 aromatic carbocycles. The van der Waals surface area contributed by atoms with Crippen LogP contribution in [0.15, 0.2) is 23.0 Å². The maximum Gasteiger partial charge on any atom is 0.0947 e. The third-order valence-corrected chi connectivity index (χ3v) is 3.78. The van der Waals surface area contributed by atoms with Crippen molar-refractivity contribution in [2.45, 2.75) is 24.9 Å². The Morgan fingerprint density at radius 1 is 1.79 bits per heavy atom. The van der Waals surface area contributed by atoms with Crippen LogP contribution in [0.3, 0.4) is 0 Å². The fraction of sp³-hybridized carbons (Fsp3) is 0.600. The van der Waals surface area contributed by atoms with Gasteiger partial charge in [0.05, 0.1) is 17.9 Å². The molecular weight excluding hydrogens is 196 g/mol. The lowest BCUT2D eigenvalue weighted by Gasteiger charge is -2.19. The number of hydrogen-bond acceptors (Lipinski definition) is 4. The number of furan rings is 1. The molecule has 0 aliphatic carbocycles. The SMILES string of the molecule is CC(NCc1ccoc1)C1NCCS1. The van der Waals surface area contributed by atoms with Crippen LogP contribution in [0.1, 0.15) is 12.5 Å². The van der Waals surface area contributed by atoms with Crippen LogP contribution in [0.4, 0.5) is 0 Å². The van der Waals surface area contributed by atoms with Crippen molar-refractivity contribution < 1.29 is 4.42 Å².